The summed E-state index contributed by atoms with van der Waals surface area (Å²) in [6, 6.07) is 5.40. The van der Waals surface area contributed by atoms with Crippen LogP contribution in [0.15, 0.2) is 18.2 Å². The Morgan fingerprint density at radius 3 is 2.45 bits per heavy atom. The van der Waals surface area contributed by atoms with Crippen molar-refractivity contribution in [2.24, 2.45) is 5.92 Å². The summed E-state index contributed by atoms with van der Waals surface area (Å²) >= 11 is 0. The highest BCUT2D eigenvalue weighted by Crippen LogP contribution is 2.28. The van der Waals surface area contributed by atoms with Crippen LogP contribution in [-0.2, 0) is 17.6 Å². The molecule has 0 heterocycles. The van der Waals surface area contributed by atoms with Crippen molar-refractivity contribution in [2.45, 2.75) is 65.2 Å². The van der Waals surface area contributed by atoms with Crippen LogP contribution in [0.1, 0.15) is 63.5 Å². The van der Waals surface area contributed by atoms with Gasteiger partial charge in [-0.2, -0.15) is 0 Å². The molecule has 1 unspecified atom stereocenters. The molecule has 1 aromatic rings. The fourth-order valence-electron chi connectivity index (χ4n) is 2.85. The molecule has 2 N–H and O–H groups in total. The van der Waals surface area contributed by atoms with E-state index in [-0.39, 0.29) is 11.8 Å². The molecule has 3 nitrogen and oxygen atoms in total. The summed E-state index contributed by atoms with van der Waals surface area (Å²) in [4.78, 5) is 11.5. The Morgan fingerprint density at radius 2 is 1.86 bits per heavy atom. The summed E-state index contributed by atoms with van der Waals surface area (Å²) in [7, 11) is 1.68. The number of nitrogens with one attached hydrogen (secondary N) is 1. The van der Waals surface area contributed by atoms with Crippen molar-refractivity contribution >= 4 is 5.91 Å². The Labute approximate surface area is 135 Å². The van der Waals surface area contributed by atoms with Crippen LogP contribution in [0.2, 0.25) is 0 Å². The van der Waals surface area contributed by atoms with Crippen LogP contribution < -0.4 is 5.32 Å². The van der Waals surface area contributed by atoms with Crippen molar-refractivity contribution in [1.29, 1.82) is 0 Å². The first-order chi connectivity index (χ1) is 10.6. The highest BCUT2D eigenvalue weighted by atomic mass is 16.3. The number of rotatable bonds is 5. The second kappa shape index (κ2) is 10.3. The minimum Gasteiger partial charge on any atom is -0.508 e. The van der Waals surface area contributed by atoms with Crippen molar-refractivity contribution in [2.75, 3.05) is 7.05 Å². The quantitative estimate of drug-likeness (QED) is 0.800. The number of benzene rings is 1. The molecule has 1 atom stereocenters. The lowest BCUT2D eigenvalue weighted by molar-refractivity contribution is -0.124. The van der Waals surface area contributed by atoms with Gasteiger partial charge in [0.1, 0.15) is 5.75 Å². The molecular weight excluding hydrogens is 274 g/mol. The zero-order valence-corrected chi connectivity index (χ0v) is 14.3. The zero-order chi connectivity index (χ0) is 16.4. The van der Waals surface area contributed by atoms with E-state index in [1.165, 1.54) is 43.2 Å². The van der Waals surface area contributed by atoms with Crippen molar-refractivity contribution < 1.29 is 9.90 Å². The van der Waals surface area contributed by atoms with Crippen LogP contribution in [0.3, 0.4) is 0 Å². The molecule has 1 aliphatic rings. The number of phenols is 1. The number of aromatic hydroxyl groups is 1. The molecule has 0 saturated heterocycles. The number of carbonyl (C=O) groups is 1. The number of carbonyl (C=O) groups excluding carboxylic acids is 1. The molecule has 1 aliphatic carbocycles. The van der Waals surface area contributed by atoms with E-state index in [9.17, 15) is 9.90 Å². The van der Waals surface area contributed by atoms with Crippen molar-refractivity contribution in [3.8, 4) is 5.75 Å². The monoisotopic (exact) mass is 305 g/mol. The predicted octanol–water partition coefficient (Wildman–Crippen LogP) is 4.22. The van der Waals surface area contributed by atoms with Gasteiger partial charge in [-0.05, 0) is 42.5 Å². The van der Waals surface area contributed by atoms with Gasteiger partial charge < -0.3 is 10.4 Å². The van der Waals surface area contributed by atoms with E-state index in [0.29, 0.717) is 5.75 Å². The Bertz CT molecular complexity index is 453. The molecule has 3 heteroatoms. The zero-order valence-electron chi connectivity index (χ0n) is 14.3. The van der Waals surface area contributed by atoms with E-state index in [4.69, 9.17) is 0 Å². The van der Waals surface area contributed by atoms with Crippen molar-refractivity contribution in [1.82, 2.24) is 5.32 Å². The third kappa shape index (κ3) is 6.08. The Hall–Kier alpha value is -1.51. The van der Waals surface area contributed by atoms with Gasteiger partial charge in [-0.15, -0.1) is 0 Å². The molecule has 0 bridgehead atoms. The van der Waals surface area contributed by atoms with Gasteiger partial charge in [0.05, 0.1) is 0 Å². The van der Waals surface area contributed by atoms with Gasteiger partial charge in [-0.3, -0.25) is 4.79 Å². The third-order valence-corrected chi connectivity index (χ3v) is 4.24. The molecule has 0 aliphatic heterocycles. The van der Waals surface area contributed by atoms with Gasteiger partial charge >= 0.3 is 0 Å². The van der Waals surface area contributed by atoms with Crippen LogP contribution >= 0.6 is 0 Å². The minimum atomic E-state index is 0.0899. The summed E-state index contributed by atoms with van der Waals surface area (Å²) in [5, 5.41) is 12.0. The number of aryl methyl sites for hydroxylation is 1. The number of amides is 1. The number of unbranched alkanes of at least 4 members (excludes halogenated alkanes) is 4. The Balaban J connectivity index is 0.000000295. The lowest BCUT2D eigenvalue weighted by Gasteiger charge is -2.23. The van der Waals surface area contributed by atoms with Gasteiger partial charge in [0.2, 0.25) is 5.91 Å². The molecule has 0 aromatic heterocycles. The smallest absolute Gasteiger partial charge is 0.223 e. The summed E-state index contributed by atoms with van der Waals surface area (Å²) in [5.41, 5.74) is 2.36. The second-order valence-electron chi connectivity index (χ2n) is 6.07. The van der Waals surface area contributed by atoms with Crippen LogP contribution in [0.25, 0.3) is 0 Å². The lowest BCUT2D eigenvalue weighted by atomic mass is 9.83. The highest BCUT2D eigenvalue weighted by Gasteiger charge is 2.23. The SMILES string of the molecule is CCCCCCC.CNC(=O)C1CCc2cc(O)ccc2C1. The maximum absolute atomic E-state index is 11.5. The summed E-state index contributed by atoms with van der Waals surface area (Å²) < 4.78 is 0. The number of phenolic OH excluding ortho intramolecular Hbond substituents is 1. The van der Waals surface area contributed by atoms with Gasteiger partial charge in [0.15, 0.2) is 0 Å². The van der Waals surface area contributed by atoms with Crippen LogP contribution in [0, 0.1) is 5.92 Å². The standard InChI is InChI=1S/C12H15NO2.C7H16/c1-13-12(15)10-3-2-9-7-11(14)5-4-8(9)6-10;1-3-5-7-6-4-2/h4-5,7,10,14H,2-3,6H2,1H3,(H,13,15);3-7H2,1-2H3. The molecule has 0 radical (unpaired) electrons. The molecule has 1 amide bonds. The van der Waals surface area contributed by atoms with Crippen molar-refractivity contribution in [3.63, 3.8) is 0 Å². The molecule has 124 valence electrons. The average molecular weight is 305 g/mol. The van der Waals surface area contributed by atoms with E-state index >= 15 is 0 Å². The first-order valence-electron chi connectivity index (χ1n) is 8.64. The van der Waals surface area contributed by atoms with E-state index in [1.54, 1.807) is 19.2 Å². The molecule has 0 spiro atoms. The van der Waals surface area contributed by atoms with Crippen LogP contribution in [0.5, 0.6) is 5.75 Å². The first kappa shape index (κ1) is 18.5. The summed E-state index contributed by atoms with van der Waals surface area (Å²) in [6.45, 7) is 4.49. The largest absolute Gasteiger partial charge is 0.508 e. The average Bonchev–Trinajstić information content (AvgIpc) is 2.54. The molecule has 1 aromatic carbocycles. The fourth-order valence-corrected chi connectivity index (χ4v) is 2.85. The number of hydrogen-bond donors (Lipinski definition) is 2. The highest BCUT2D eigenvalue weighted by molar-refractivity contribution is 5.79. The Morgan fingerprint density at radius 1 is 1.18 bits per heavy atom. The molecular formula is C19H31NO2. The van der Waals surface area contributed by atoms with Gasteiger partial charge in [-0.25, -0.2) is 0 Å². The van der Waals surface area contributed by atoms with Gasteiger partial charge in [-0.1, -0.05) is 52.0 Å². The van der Waals surface area contributed by atoms with Crippen molar-refractivity contribution in [3.05, 3.63) is 29.3 Å². The first-order valence-corrected chi connectivity index (χ1v) is 8.64. The molecule has 0 fully saturated rings. The molecule has 22 heavy (non-hydrogen) atoms. The number of hydrogen-bond acceptors (Lipinski definition) is 2. The number of fused-ring (bicyclic) bond motifs is 1. The molecule has 0 saturated carbocycles. The van der Waals surface area contributed by atoms with E-state index in [1.807, 2.05) is 6.07 Å². The summed E-state index contributed by atoms with van der Waals surface area (Å²) in [5.74, 6) is 0.521. The topological polar surface area (TPSA) is 49.3 Å². The van der Waals surface area contributed by atoms with Crippen LogP contribution in [0.4, 0.5) is 0 Å². The third-order valence-electron chi connectivity index (χ3n) is 4.24. The van der Waals surface area contributed by atoms with E-state index in [2.05, 4.69) is 19.2 Å². The van der Waals surface area contributed by atoms with Crippen LogP contribution in [-0.4, -0.2) is 18.1 Å². The molecule has 2 rings (SSSR count). The van der Waals surface area contributed by atoms with Gasteiger partial charge in [0, 0.05) is 13.0 Å². The second-order valence-corrected chi connectivity index (χ2v) is 6.07. The fraction of sp³-hybridized carbons (Fsp3) is 0.632. The predicted molar refractivity (Wildman–Crippen MR) is 92.1 cm³/mol. The maximum atomic E-state index is 11.5. The Kier molecular flexibility index (Phi) is 8.64. The minimum absolute atomic E-state index is 0.0899. The normalized spacial score (nSPS) is 16.2. The van der Waals surface area contributed by atoms with E-state index < -0.39 is 0 Å². The lowest BCUT2D eigenvalue weighted by Crippen LogP contribution is -2.31. The van der Waals surface area contributed by atoms with Gasteiger partial charge in [0.25, 0.3) is 0 Å². The van der Waals surface area contributed by atoms with E-state index in [0.717, 1.165) is 19.3 Å². The summed E-state index contributed by atoms with van der Waals surface area (Å²) in [6.07, 6.45) is 9.54. The maximum Gasteiger partial charge on any atom is 0.223 e.